The van der Waals surface area contributed by atoms with Crippen molar-refractivity contribution in [2.24, 2.45) is 11.8 Å². The maximum Gasteiger partial charge on any atom is 0.0367 e. The highest BCUT2D eigenvalue weighted by atomic mass is 79.9. The largest absolute Gasteiger partial charge is 0.371 e. The third-order valence-corrected chi connectivity index (χ3v) is 4.01. The van der Waals surface area contributed by atoms with Gasteiger partial charge in [0.2, 0.25) is 0 Å². The van der Waals surface area contributed by atoms with Gasteiger partial charge in [-0.3, -0.25) is 0 Å². The van der Waals surface area contributed by atoms with E-state index in [2.05, 4.69) is 45.1 Å². The molecule has 2 heteroatoms. The van der Waals surface area contributed by atoms with Gasteiger partial charge in [-0.15, -0.1) is 0 Å². The maximum absolute atomic E-state index is 3.47. The summed E-state index contributed by atoms with van der Waals surface area (Å²) in [6, 6.07) is 8.70. The van der Waals surface area contributed by atoms with Gasteiger partial charge in [0.05, 0.1) is 0 Å². The zero-order chi connectivity index (χ0) is 9.54. The summed E-state index contributed by atoms with van der Waals surface area (Å²) >= 11 is 3.47. The number of benzene rings is 1. The van der Waals surface area contributed by atoms with Gasteiger partial charge in [0, 0.05) is 23.2 Å². The number of halogens is 1. The quantitative estimate of drug-likeness (QED) is 0.741. The second kappa shape index (κ2) is 3.27. The van der Waals surface area contributed by atoms with E-state index >= 15 is 0 Å². The van der Waals surface area contributed by atoms with Crippen molar-refractivity contribution in [3.05, 3.63) is 28.7 Å². The van der Waals surface area contributed by atoms with E-state index in [0.29, 0.717) is 0 Å². The molecule has 0 radical (unpaired) electrons. The summed E-state index contributed by atoms with van der Waals surface area (Å²) in [7, 11) is 0. The molecule has 1 aromatic rings. The van der Waals surface area contributed by atoms with Gasteiger partial charge in [0.15, 0.2) is 0 Å². The van der Waals surface area contributed by atoms with Crippen LogP contribution >= 0.6 is 15.9 Å². The van der Waals surface area contributed by atoms with E-state index in [1.165, 1.54) is 36.1 Å². The Bertz CT molecular complexity index is 317. The van der Waals surface area contributed by atoms with E-state index in [9.17, 15) is 0 Å². The van der Waals surface area contributed by atoms with E-state index in [-0.39, 0.29) is 0 Å². The lowest BCUT2D eigenvalue weighted by Gasteiger charge is -2.48. The van der Waals surface area contributed by atoms with E-state index < -0.39 is 0 Å². The fourth-order valence-corrected chi connectivity index (χ4v) is 3.00. The van der Waals surface area contributed by atoms with Crippen molar-refractivity contribution < 1.29 is 0 Å². The molecule has 2 bridgehead atoms. The van der Waals surface area contributed by atoms with E-state index in [1.807, 2.05) is 0 Å². The number of rotatable bonds is 1. The molecule has 0 N–H and O–H groups in total. The molecule has 2 saturated heterocycles. The molecule has 1 aromatic carbocycles. The zero-order valence-electron chi connectivity index (χ0n) is 8.12. The van der Waals surface area contributed by atoms with Crippen LogP contribution in [0, 0.1) is 11.8 Å². The predicted molar refractivity (Wildman–Crippen MR) is 62.6 cm³/mol. The standard InChI is InChI=1S/C12H14BrN/c13-11-1-3-12(4-2-11)14-7-9-5-10(6-9)8-14/h1-4,9-10H,5-8H2. The van der Waals surface area contributed by atoms with Crippen molar-refractivity contribution in [2.45, 2.75) is 12.8 Å². The number of hydrogen-bond acceptors (Lipinski definition) is 1. The molecule has 0 spiro atoms. The van der Waals surface area contributed by atoms with Gasteiger partial charge >= 0.3 is 0 Å². The fraction of sp³-hybridized carbons (Fsp3) is 0.500. The number of fused-ring (bicyclic) bond motifs is 2. The van der Waals surface area contributed by atoms with Crippen LogP contribution in [0.2, 0.25) is 0 Å². The van der Waals surface area contributed by atoms with Gasteiger partial charge in [0.25, 0.3) is 0 Å². The number of piperidine rings is 2. The van der Waals surface area contributed by atoms with Crippen LogP contribution in [0.5, 0.6) is 0 Å². The first kappa shape index (κ1) is 8.78. The molecule has 0 unspecified atom stereocenters. The van der Waals surface area contributed by atoms with Gasteiger partial charge in [-0.2, -0.15) is 0 Å². The summed E-state index contributed by atoms with van der Waals surface area (Å²) in [5.41, 5.74) is 1.39. The van der Waals surface area contributed by atoms with Crippen LogP contribution in [-0.4, -0.2) is 13.1 Å². The first-order chi connectivity index (χ1) is 6.81. The normalized spacial score (nSPS) is 29.9. The topological polar surface area (TPSA) is 3.24 Å². The van der Waals surface area contributed by atoms with Crippen LogP contribution in [0.4, 0.5) is 5.69 Å². The highest BCUT2D eigenvalue weighted by Gasteiger charge is 2.36. The molecule has 2 aliphatic heterocycles. The summed E-state index contributed by atoms with van der Waals surface area (Å²) in [6.07, 6.45) is 2.96. The first-order valence-corrected chi connectivity index (χ1v) is 6.11. The average Bonchev–Trinajstić information content (AvgIpc) is 2.18. The fourth-order valence-electron chi connectivity index (χ4n) is 2.73. The lowest BCUT2D eigenvalue weighted by Crippen LogP contribution is -2.48. The molecule has 14 heavy (non-hydrogen) atoms. The predicted octanol–water partition coefficient (Wildman–Crippen LogP) is 3.30. The van der Waals surface area contributed by atoms with E-state index in [4.69, 9.17) is 0 Å². The van der Waals surface area contributed by atoms with Gasteiger partial charge in [0.1, 0.15) is 0 Å². The van der Waals surface area contributed by atoms with E-state index in [1.54, 1.807) is 0 Å². The molecule has 74 valence electrons. The molecule has 0 amide bonds. The molecular weight excluding hydrogens is 238 g/mol. The monoisotopic (exact) mass is 251 g/mol. The molecule has 0 aromatic heterocycles. The minimum Gasteiger partial charge on any atom is -0.371 e. The van der Waals surface area contributed by atoms with Crippen molar-refractivity contribution in [1.29, 1.82) is 0 Å². The molecule has 1 saturated carbocycles. The summed E-state index contributed by atoms with van der Waals surface area (Å²) in [6.45, 7) is 2.55. The minimum atomic E-state index is 0.984. The van der Waals surface area contributed by atoms with Gasteiger partial charge in [-0.1, -0.05) is 15.9 Å². The highest BCUT2D eigenvalue weighted by molar-refractivity contribution is 9.10. The second-order valence-electron chi connectivity index (χ2n) is 4.58. The Balaban J connectivity index is 1.79. The summed E-state index contributed by atoms with van der Waals surface area (Å²) in [5, 5.41) is 0. The third kappa shape index (κ3) is 1.46. The Morgan fingerprint density at radius 3 is 2.14 bits per heavy atom. The van der Waals surface area contributed by atoms with Crippen molar-refractivity contribution in [2.75, 3.05) is 18.0 Å². The number of anilines is 1. The summed E-state index contributed by atoms with van der Waals surface area (Å²) in [5.74, 6) is 1.97. The Morgan fingerprint density at radius 2 is 1.57 bits per heavy atom. The minimum absolute atomic E-state index is 0.984. The molecular formula is C12H14BrN. The second-order valence-corrected chi connectivity index (χ2v) is 5.50. The Kier molecular flexibility index (Phi) is 2.05. The van der Waals surface area contributed by atoms with Crippen molar-refractivity contribution in [3.8, 4) is 0 Å². The molecule has 1 aliphatic carbocycles. The Hall–Kier alpha value is -0.500. The molecule has 3 fully saturated rings. The third-order valence-electron chi connectivity index (χ3n) is 3.48. The number of hydrogen-bond donors (Lipinski definition) is 0. The maximum atomic E-state index is 3.47. The summed E-state index contributed by atoms with van der Waals surface area (Å²) in [4.78, 5) is 2.54. The van der Waals surface area contributed by atoms with Crippen molar-refractivity contribution >= 4 is 21.6 Å². The Morgan fingerprint density at radius 1 is 1.00 bits per heavy atom. The van der Waals surface area contributed by atoms with Crippen LogP contribution in [0.1, 0.15) is 12.8 Å². The van der Waals surface area contributed by atoms with Crippen molar-refractivity contribution in [3.63, 3.8) is 0 Å². The zero-order valence-corrected chi connectivity index (χ0v) is 9.70. The molecule has 1 nitrogen and oxygen atoms in total. The van der Waals surface area contributed by atoms with Gasteiger partial charge in [-0.05, 0) is 48.9 Å². The summed E-state index contributed by atoms with van der Waals surface area (Å²) < 4.78 is 1.17. The smallest absolute Gasteiger partial charge is 0.0367 e. The van der Waals surface area contributed by atoms with Gasteiger partial charge in [-0.25, -0.2) is 0 Å². The SMILES string of the molecule is Brc1ccc(N2CC3CC(C3)C2)cc1. The first-order valence-electron chi connectivity index (χ1n) is 5.32. The molecule has 2 heterocycles. The molecule has 0 atom stereocenters. The Labute approximate surface area is 93.2 Å². The van der Waals surface area contributed by atoms with Crippen LogP contribution in [0.15, 0.2) is 28.7 Å². The molecule has 3 aliphatic rings. The van der Waals surface area contributed by atoms with Crippen LogP contribution < -0.4 is 4.90 Å². The average molecular weight is 252 g/mol. The van der Waals surface area contributed by atoms with Crippen LogP contribution in [0.25, 0.3) is 0 Å². The molecule has 4 rings (SSSR count). The highest BCUT2D eigenvalue weighted by Crippen LogP contribution is 2.41. The van der Waals surface area contributed by atoms with E-state index in [0.717, 1.165) is 11.8 Å². The van der Waals surface area contributed by atoms with Gasteiger partial charge < -0.3 is 4.90 Å². The van der Waals surface area contributed by atoms with Crippen LogP contribution in [-0.2, 0) is 0 Å². The van der Waals surface area contributed by atoms with Crippen LogP contribution in [0.3, 0.4) is 0 Å². The lowest BCUT2D eigenvalue weighted by molar-refractivity contribution is 0.159. The lowest BCUT2D eigenvalue weighted by atomic mass is 9.71. The van der Waals surface area contributed by atoms with Crippen molar-refractivity contribution in [1.82, 2.24) is 0 Å². The number of nitrogens with zero attached hydrogens (tertiary/aromatic N) is 1.